The number of nitrogens with zero attached hydrogens (tertiary/aromatic N) is 1. The lowest BCUT2D eigenvalue weighted by Gasteiger charge is -2.22. The highest BCUT2D eigenvalue weighted by Gasteiger charge is 2.49. The summed E-state index contributed by atoms with van der Waals surface area (Å²) in [6.07, 6.45) is 0. The predicted octanol–water partition coefficient (Wildman–Crippen LogP) is 3.69. The molecular weight excluding hydrogens is 382 g/mol. The average Bonchev–Trinajstić information content (AvgIpc) is 2.74. The molecule has 1 N–H and O–H groups in total. The Labute approximate surface area is 145 Å². The maximum atomic E-state index is 13.5. The van der Waals surface area contributed by atoms with E-state index in [1.54, 1.807) is 18.2 Å². The Morgan fingerprint density at radius 3 is 2.54 bits per heavy atom. The van der Waals surface area contributed by atoms with Crippen molar-refractivity contribution in [2.24, 2.45) is 0 Å². The van der Waals surface area contributed by atoms with Crippen molar-refractivity contribution in [3.8, 4) is 0 Å². The third kappa shape index (κ3) is 2.80. The molecule has 2 aromatic rings. The van der Waals surface area contributed by atoms with Gasteiger partial charge in [0.15, 0.2) is 11.6 Å². The number of carbonyl (C=O) groups is 2. The minimum atomic E-state index is -1.43. The second-order valence-electron chi connectivity index (χ2n) is 5.71. The molecule has 1 heterocycles. The van der Waals surface area contributed by atoms with Crippen molar-refractivity contribution in [2.45, 2.75) is 19.0 Å². The van der Waals surface area contributed by atoms with Crippen LogP contribution in [0.4, 0.5) is 13.6 Å². The zero-order valence-corrected chi connectivity index (χ0v) is 14.2. The first-order chi connectivity index (χ1) is 11.3. The molecule has 0 saturated carbocycles. The summed E-state index contributed by atoms with van der Waals surface area (Å²) in [5.41, 5.74) is -0.476. The maximum Gasteiger partial charge on any atom is 0.325 e. The van der Waals surface area contributed by atoms with Gasteiger partial charge in [0, 0.05) is 4.47 Å². The van der Waals surface area contributed by atoms with Crippen molar-refractivity contribution in [3.05, 3.63) is 69.7 Å². The largest absolute Gasteiger partial charge is 0.325 e. The molecule has 1 saturated heterocycles. The van der Waals surface area contributed by atoms with E-state index >= 15 is 0 Å². The number of imide groups is 1. The SMILES string of the molecule is CC1(c2ccc(F)c(F)c2)NC(=O)N(Cc2cccc(Br)c2)C1=O. The van der Waals surface area contributed by atoms with Crippen LogP contribution in [0.25, 0.3) is 0 Å². The Kier molecular flexibility index (Phi) is 4.13. The standard InChI is InChI=1S/C17H13BrF2N2O2/c1-17(11-5-6-13(19)14(20)8-11)15(23)22(16(24)21-17)9-10-3-2-4-12(18)7-10/h2-8H,9H2,1H3,(H,21,24). The van der Waals surface area contributed by atoms with Crippen molar-refractivity contribution < 1.29 is 18.4 Å². The van der Waals surface area contributed by atoms with Crippen molar-refractivity contribution >= 4 is 27.9 Å². The van der Waals surface area contributed by atoms with E-state index < -0.39 is 29.1 Å². The van der Waals surface area contributed by atoms with Gasteiger partial charge in [-0.2, -0.15) is 0 Å². The number of nitrogens with one attached hydrogen (secondary N) is 1. The summed E-state index contributed by atoms with van der Waals surface area (Å²) in [4.78, 5) is 26.0. The van der Waals surface area contributed by atoms with E-state index in [-0.39, 0.29) is 12.1 Å². The lowest BCUT2D eigenvalue weighted by molar-refractivity contribution is -0.131. The smallest absolute Gasteiger partial charge is 0.319 e. The summed E-state index contributed by atoms with van der Waals surface area (Å²) >= 11 is 3.33. The lowest BCUT2D eigenvalue weighted by Crippen LogP contribution is -2.41. The van der Waals surface area contributed by atoms with Gasteiger partial charge in [0.25, 0.3) is 5.91 Å². The van der Waals surface area contributed by atoms with Crippen molar-refractivity contribution in [3.63, 3.8) is 0 Å². The van der Waals surface area contributed by atoms with Crippen LogP contribution in [0, 0.1) is 11.6 Å². The fourth-order valence-electron chi connectivity index (χ4n) is 2.66. The molecule has 3 amide bonds. The van der Waals surface area contributed by atoms with Crippen LogP contribution in [-0.4, -0.2) is 16.8 Å². The number of carbonyl (C=O) groups excluding carboxylic acids is 2. The van der Waals surface area contributed by atoms with Crippen molar-refractivity contribution in [1.82, 2.24) is 10.2 Å². The molecule has 1 fully saturated rings. The van der Waals surface area contributed by atoms with Gasteiger partial charge in [0.2, 0.25) is 0 Å². The number of halogens is 3. The van der Waals surface area contributed by atoms with Crippen LogP contribution in [0.15, 0.2) is 46.9 Å². The number of hydrogen-bond acceptors (Lipinski definition) is 2. The summed E-state index contributed by atoms with van der Waals surface area (Å²) in [7, 11) is 0. The first kappa shape index (κ1) is 16.6. The van der Waals surface area contributed by atoms with E-state index in [0.29, 0.717) is 0 Å². The van der Waals surface area contributed by atoms with Gasteiger partial charge in [0.05, 0.1) is 6.54 Å². The summed E-state index contributed by atoms with van der Waals surface area (Å²) in [6, 6.07) is 9.80. The summed E-state index contributed by atoms with van der Waals surface area (Å²) in [6.45, 7) is 1.56. The predicted molar refractivity (Wildman–Crippen MR) is 86.9 cm³/mol. The van der Waals surface area contributed by atoms with E-state index in [2.05, 4.69) is 21.2 Å². The van der Waals surface area contributed by atoms with Gasteiger partial charge in [-0.05, 0) is 42.3 Å². The zero-order valence-electron chi connectivity index (χ0n) is 12.6. The monoisotopic (exact) mass is 394 g/mol. The molecule has 3 rings (SSSR count). The highest BCUT2D eigenvalue weighted by atomic mass is 79.9. The highest BCUT2D eigenvalue weighted by Crippen LogP contribution is 2.30. The number of amides is 3. The van der Waals surface area contributed by atoms with Gasteiger partial charge in [-0.25, -0.2) is 13.6 Å². The van der Waals surface area contributed by atoms with Crippen molar-refractivity contribution in [1.29, 1.82) is 0 Å². The molecule has 0 aliphatic carbocycles. The molecule has 24 heavy (non-hydrogen) atoms. The topological polar surface area (TPSA) is 49.4 Å². The molecule has 0 aromatic heterocycles. The Morgan fingerprint density at radius 2 is 1.88 bits per heavy atom. The minimum Gasteiger partial charge on any atom is -0.319 e. The van der Waals surface area contributed by atoms with Crippen molar-refractivity contribution in [2.75, 3.05) is 0 Å². The molecule has 0 radical (unpaired) electrons. The number of rotatable bonds is 3. The van der Waals surface area contributed by atoms with Gasteiger partial charge >= 0.3 is 6.03 Å². The minimum absolute atomic E-state index is 0.0867. The fourth-order valence-corrected chi connectivity index (χ4v) is 3.11. The third-order valence-corrected chi connectivity index (χ3v) is 4.49. The Balaban J connectivity index is 1.91. The normalized spacial score (nSPS) is 20.4. The lowest BCUT2D eigenvalue weighted by atomic mass is 9.92. The Hall–Kier alpha value is -2.28. The first-order valence-corrected chi connectivity index (χ1v) is 7.94. The number of hydrogen-bond donors (Lipinski definition) is 1. The first-order valence-electron chi connectivity index (χ1n) is 7.15. The molecule has 1 atom stereocenters. The van der Waals surface area contributed by atoms with Crippen LogP contribution >= 0.6 is 15.9 Å². The zero-order chi connectivity index (χ0) is 17.5. The molecule has 0 bridgehead atoms. The van der Waals surface area contributed by atoms with E-state index in [4.69, 9.17) is 0 Å². The van der Waals surface area contributed by atoms with E-state index in [1.807, 2.05) is 6.07 Å². The fraction of sp³-hybridized carbons (Fsp3) is 0.176. The van der Waals surface area contributed by atoms with Crippen LogP contribution in [0.5, 0.6) is 0 Å². The molecule has 1 aliphatic heterocycles. The molecule has 124 valence electrons. The van der Waals surface area contributed by atoms with Crippen LogP contribution in [0.2, 0.25) is 0 Å². The molecule has 1 unspecified atom stereocenters. The molecule has 0 spiro atoms. The Bertz CT molecular complexity index is 843. The van der Waals surface area contributed by atoms with E-state index in [0.717, 1.165) is 27.1 Å². The van der Waals surface area contributed by atoms with Crippen LogP contribution in [0.1, 0.15) is 18.1 Å². The molecule has 2 aromatic carbocycles. The van der Waals surface area contributed by atoms with Gasteiger partial charge in [-0.15, -0.1) is 0 Å². The number of benzene rings is 2. The molecule has 1 aliphatic rings. The molecule has 7 heteroatoms. The van der Waals surface area contributed by atoms with Crippen LogP contribution < -0.4 is 5.32 Å². The van der Waals surface area contributed by atoms with Gasteiger partial charge in [-0.1, -0.05) is 34.1 Å². The van der Waals surface area contributed by atoms with Crippen LogP contribution in [0.3, 0.4) is 0 Å². The van der Waals surface area contributed by atoms with Gasteiger partial charge in [-0.3, -0.25) is 9.69 Å². The average molecular weight is 395 g/mol. The van der Waals surface area contributed by atoms with E-state index in [1.165, 1.54) is 13.0 Å². The summed E-state index contributed by atoms with van der Waals surface area (Å²) in [5, 5.41) is 2.56. The van der Waals surface area contributed by atoms with Crippen LogP contribution in [-0.2, 0) is 16.9 Å². The molecular formula is C17H13BrF2N2O2. The summed E-state index contributed by atoms with van der Waals surface area (Å²) < 4.78 is 27.5. The second kappa shape index (κ2) is 5.98. The quantitative estimate of drug-likeness (QED) is 0.806. The Morgan fingerprint density at radius 1 is 1.12 bits per heavy atom. The molecule has 4 nitrogen and oxygen atoms in total. The van der Waals surface area contributed by atoms with Gasteiger partial charge in [0.1, 0.15) is 5.54 Å². The van der Waals surface area contributed by atoms with E-state index in [9.17, 15) is 18.4 Å². The van der Waals surface area contributed by atoms with Gasteiger partial charge < -0.3 is 5.32 Å². The second-order valence-corrected chi connectivity index (χ2v) is 6.62. The maximum absolute atomic E-state index is 13.5. The highest BCUT2D eigenvalue weighted by molar-refractivity contribution is 9.10. The number of urea groups is 1. The summed E-state index contributed by atoms with van der Waals surface area (Å²) in [5.74, 6) is -2.59. The third-order valence-electron chi connectivity index (χ3n) is 4.00.